The van der Waals surface area contributed by atoms with Crippen LogP contribution in [0, 0.1) is 22.0 Å². The van der Waals surface area contributed by atoms with Crippen LogP contribution in [-0.4, -0.2) is 28.9 Å². The quantitative estimate of drug-likeness (QED) is 0.151. The Bertz CT molecular complexity index is 1820. The smallest absolute Gasteiger partial charge is 0.274 e. The summed E-state index contributed by atoms with van der Waals surface area (Å²) in [5, 5.41) is 16.1. The van der Waals surface area contributed by atoms with Crippen molar-refractivity contribution >= 4 is 46.9 Å². The monoisotopic (exact) mass is 576 g/mol. The van der Waals surface area contributed by atoms with Crippen molar-refractivity contribution < 1.29 is 19.3 Å². The molecule has 42 heavy (non-hydrogen) atoms. The minimum absolute atomic E-state index is 0.153. The highest BCUT2D eigenvalue weighted by Gasteiger charge is 2.68. The van der Waals surface area contributed by atoms with E-state index in [0.29, 0.717) is 5.69 Å². The Morgan fingerprint density at radius 3 is 2.14 bits per heavy atom. The number of para-hydroxylation sites is 2. The lowest BCUT2D eigenvalue weighted by Gasteiger charge is -2.52. The van der Waals surface area contributed by atoms with E-state index in [1.807, 2.05) is 48.5 Å². The number of amides is 3. The lowest BCUT2D eigenvalue weighted by Crippen LogP contribution is -2.54. The molecule has 2 atom stereocenters. The predicted molar refractivity (Wildman–Crippen MR) is 155 cm³/mol. The van der Waals surface area contributed by atoms with Crippen molar-refractivity contribution in [2.24, 2.45) is 16.9 Å². The topological polar surface area (TPSA) is 122 Å². The summed E-state index contributed by atoms with van der Waals surface area (Å²) in [5.74, 6) is -3.52. The van der Waals surface area contributed by atoms with Crippen LogP contribution in [0.2, 0.25) is 5.02 Å². The van der Waals surface area contributed by atoms with E-state index in [-0.39, 0.29) is 28.1 Å². The standard InChI is InChI=1S/C32H21ClN4O5/c33-23-14-6-8-16-25(23)36-30(39)27-26-18-9-1-4-12-21(18)32(28(27)31(36)40,22-13-5-2-10-19(22)26)17-34-35-29(38)20-11-3-7-15-24(20)37(41)42/h1-17,26-28H,(H,35,38)/b34-17-/t26?,27-,28+,32?/m0/s1. The average molecular weight is 577 g/mol. The molecular weight excluding hydrogens is 556 g/mol. The van der Waals surface area contributed by atoms with Crippen molar-refractivity contribution in [3.63, 3.8) is 0 Å². The highest BCUT2D eigenvalue weighted by molar-refractivity contribution is 6.36. The molecule has 0 saturated carbocycles. The molecule has 4 aromatic carbocycles. The number of hydrogen-bond acceptors (Lipinski definition) is 6. The number of imide groups is 1. The van der Waals surface area contributed by atoms with Gasteiger partial charge in [0.2, 0.25) is 11.8 Å². The van der Waals surface area contributed by atoms with E-state index in [2.05, 4.69) is 10.5 Å². The van der Waals surface area contributed by atoms with Gasteiger partial charge in [-0.3, -0.25) is 24.5 Å². The maximum atomic E-state index is 14.4. The van der Waals surface area contributed by atoms with Gasteiger partial charge in [-0.25, -0.2) is 10.3 Å². The zero-order valence-corrected chi connectivity index (χ0v) is 22.6. The van der Waals surface area contributed by atoms with Gasteiger partial charge in [-0.15, -0.1) is 0 Å². The molecule has 3 amide bonds. The summed E-state index contributed by atoms with van der Waals surface area (Å²) in [7, 11) is 0. The maximum Gasteiger partial charge on any atom is 0.282 e. The first-order valence-electron chi connectivity index (χ1n) is 13.3. The molecule has 4 aromatic rings. The van der Waals surface area contributed by atoms with Crippen LogP contribution in [0.15, 0.2) is 102 Å². The zero-order chi connectivity index (χ0) is 29.2. The molecule has 8 rings (SSSR count). The number of halogens is 1. The van der Waals surface area contributed by atoms with Gasteiger partial charge in [-0.2, -0.15) is 5.10 Å². The summed E-state index contributed by atoms with van der Waals surface area (Å²) < 4.78 is 0. The van der Waals surface area contributed by atoms with Gasteiger partial charge in [0.05, 0.1) is 32.9 Å². The molecule has 9 nitrogen and oxygen atoms in total. The van der Waals surface area contributed by atoms with E-state index >= 15 is 0 Å². The van der Waals surface area contributed by atoms with Gasteiger partial charge in [0, 0.05) is 18.2 Å². The Morgan fingerprint density at radius 1 is 0.881 bits per heavy atom. The molecule has 1 aliphatic heterocycles. The van der Waals surface area contributed by atoms with E-state index in [4.69, 9.17) is 11.6 Å². The Kier molecular flexibility index (Phi) is 5.81. The Hall–Kier alpha value is -5.15. The van der Waals surface area contributed by atoms with E-state index < -0.39 is 34.0 Å². The molecule has 206 valence electrons. The summed E-state index contributed by atoms with van der Waals surface area (Å²) in [5.41, 5.74) is 4.43. The van der Waals surface area contributed by atoms with Crippen molar-refractivity contribution in [1.29, 1.82) is 0 Å². The van der Waals surface area contributed by atoms with Crippen LogP contribution in [0.25, 0.3) is 0 Å². The molecule has 1 heterocycles. The molecule has 0 spiro atoms. The van der Waals surface area contributed by atoms with Crippen molar-refractivity contribution in [3.05, 3.63) is 140 Å². The molecule has 2 bridgehead atoms. The third kappa shape index (κ3) is 3.43. The summed E-state index contributed by atoms with van der Waals surface area (Å²) in [4.78, 5) is 53.7. The SMILES string of the molecule is O=C(N/N=C\C12c3ccccc3C(c3ccccc31)[C@@H]1C(=O)N(c3ccccc3Cl)C(=O)[C@@H]12)c1ccccc1[N+](=O)[O-]. The van der Waals surface area contributed by atoms with E-state index in [0.717, 1.165) is 22.3 Å². The Morgan fingerprint density at radius 2 is 1.48 bits per heavy atom. The van der Waals surface area contributed by atoms with Gasteiger partial charge in [0.1, 0.15) is 5.56 Å². The Labute approximate surface area is 244 Å². The number of nitrogens with one attached hydrogen (secondary N) is 1. The number of rotatable bonds is 5. The third-order valence-corrected chi connectivity index (χ3v) is 8.88. The normalized spacial score (nSPS) is 23.5. The van der Waals surface area contributed by atoms with Crippen molar-refractivity contribution in [2.75, 3.05) is 4.90 Å². The maximum absolute atomic E-state index is 14.4. The molecule has 10 heteroatoms. The minimum Gasteiger partial charge on any atom is -0.274 e. The molecular formula is C32H21ClN4O5. The number of nitrogens with zero attached hydrogens (tertiary/aromatic N) is 3. The van der Waals surface area contributed by atoms with Gasteiger partial charge in [0.15, 0.2) is 0 Å². The summed E-state index contributed by atoms with van der Waals surface area (Å²) in [6.07, 6.45) is 1.51. The van der Waals surface area contributed by atoms with E-state index in [1.54, 1.807) is 24.3 Å². The third-order valence-electron chi connectivity index (χ3n) is 8.56. The second kappa shape index (κ2) is 9.46. The second-order valence-electron chi connectivity index (χ2n) is 10.5. The fraction of sp³-hybridized carbons (Fsp3) is 0.125. The van der Waals surface area contributed by atoms with Crippen LogP contribution in [0.5, 0.6) is 0 Å². The van der Waals surface area contributed by atoms with Crippen LogP contribution < -0.4 is 10.3 Å². The first-order chi connectivity index (χ1) is 20.4. The van der Waals surface area contributed by atoms with E-state index in [1.165, 1.54) is 35.4 Å². The van der Waals surface area contributed by atoms with Crippen molar-refractivity contribution in [1.82, 2.24) is 5.43 Å². The first-order valence-corrected chi connectivity index (χ1v) is 13.6. The fourth-order valence-electron chi connectivity index (χ4n) is 7.00. The fourth-order valence-corrected chi connectivity index (χ4v) is 7.22. The molecule has 1 N–H and O–H groups in total. The van der Waals surface area contributed by atoms with Gasteiger partial charge in [0.25, 0.3) is 11.6 Å². The van der Waals surface area contributed by atoms with Crippen molar-refractivity contribution in [3.8, 4) is 0 Å². The number of carbonyl (C=O) groups excluding carboxylic acids is 3. The number of carbonyl (C=O) groups is 3. The summed E-state index contributed by atoms with van der Waals surface area (Å²) in [6, 6.07) is 27.6. The second-order valence-corrected chi connectivity index (χ2v) is 10.9. The van der Waals surface area contributed by atoms with Gasteiger partial charge >= 0.3 is 0 Å². The molecule has 1 saturated heterocycles. The lowest BCUT2D eigenvalue weighted by molar-refractivity contribution is -0.385. The lowest BCUT2D eigenvalue weighted by atomic mass is 9.47. The molecule has 1 fully saturated rings. The van der Waals surface area contributed by atoms with Crippen molar-refractivity contribution in [2.45, 2.75) is 11.3 Å². The van der Waals surface area contributed by atoms with Gasteiger partial charge in [-0.1, -0.05) is 84.4 Å². The van der Waals surface area contributed by atoms with Crippen LogP contribution >= 0.6 is 11.6 Å². The summed E-state index contributed by atoms with van der Waals surface area (Å²) >= 11 is 6.48. The molecule has 0 unspecified atom stereocenters. The summed E-state index contributed by atoms with van der Waals surface area (Å²) in [6.45, 7) is 0. The molecule has 0 aromatic heterocycles. The largest absolute Gasteiger partial charge is 0.282 e. The zero-order valence-electron chi connectivity index (χ0n) is 21.8. The van der Waals surface area contributed by atoms with Gasteiger partial charge < -0.3 is 0 Å². The molecule has 3 aliphatic carbocycles. The Balaban J connectivity index is 1.40. The first kappa shape index (κ1) is 25.8. The van der Waals surface area contributed by atoms with Crippen LogP contribution in [0.4, 0.5) is 11.4 Å². The van der Waals surface area contributed by atoms with Gasteiger partial charge in [-0.05, 0) is 40.5 Å². The number of anilines is 1. The van der Waals surface area contributed by atoms with Crippen LogP contribution in [0.1, 0.15) is 38.5 Å². The van der Waals surface area contributed by atoms with Crippen LogP contribution in [0.3, 0.4) is 0 Å². The van der Waals surface area contributed by atoms with E-state index in [9.17, 15) is 24.5 Å². The number of nitro groups is 1. The minimum atomic E-state index is -1.22. The number of benzene rings is 4. The average Bonchev–Trinajstić information content (AvgIpc) is 3.28. The number of hydrazone groups is 1. The predicted octanol–water partition coefficient (Wildman–Crippen LogP) is 5.21. The van der Waals surface area contributed by atoms with Crippen LogP contribution in [-0.2, 0) is 15.0 Å². The highest BCUT2D eigenvalue weighted by atomic mass is 35.5. The molecule has 4 aliphatic rings. The molecule has 0 radical (unpaired) electrons. The highest BCUT2D eigenvalue weighted by Crippen LogP contribution is 2.63. The number of nitro benzene ring substituents is 1. The number of hydrogen-bond donors (Lipinski definition) is 1.